The Morgan fingerprint density at radius 1 is 0.941 bits per heavy atom. The summed E-state index contributed by atoms with van der Waals surface area (Å²) in [6, 6.07) is 9.61. The molecule has 1 amide bonds. The number of aromatic nitrogens is 2. The predicted octanol–water partition coefficient (Wildman–Crippen LogP) is 3.36. The Morgan fingerprint density at radius 2 is 1.71 bits per heavy atom. The molecule has 7 nitrogen and oxygen atoms in total. The zero-order valence-corrected chi connectivity index (χ0v) is 20.4. The largest absolute Gasteiger partial charge is 0.379 e. The van der Waals surface area contributed by atoms with E-state index in [2.05, 4.69) is 9.80 Å². The van der Waals surface area contributed by atoms with Crippen LogP contribution in [0.25, 0.3) is 10.2 Å². The number of piperazine rings is 1. The Hall–Kier alpha value is -2.55. The zero-order chi connectivity index (χ0) is 22.9. The fourth-order valence-corrected chi connectivity index (χ4v) is 6.60. The first kappa shape index (κ1) is 21.9. The van der Waals surface area contributed by atoms with Crippen molar-refractivity contribution in [2.75, 3.05) is 57.4 Å². The molecule has 0 radical (unpaired) electrons. The average molecular weight is 478 g/mol. The lowest BCUT2D eigenvalue weighted by Crippen LogP contribution is -2.49. The number of thiophene rings is 1. The summed E-state index contributed by atoms with van der Waals surface area (Å²) in [4.78, 5) is 32.6. The van der Waals surface area contributed by atoms with Crippen LogP contribution in [0, 0.1) is 0 Å². The molecule has 1 aromatic carbocycles. The molecule has 2 aromatic heterocycles. The second-order valence-corrected chi connectivity index (χ2v) is 10.5. The fourth-order valence-electron chi connectivity index (χ4n) is 5.32. The van der Waals surface area contributed by atoms with Crippen LogP contribution in [-0.2, 0) is 24.1 Å². The van der Waals surface area contributed by atoms with E-state index in [1.54, 1.807) is 0 Å². The molecule has 2 fully saturated rings. The summed E-state index contributed by atoms with van der Waals surface area (Å²) in [5.74, 6) is 2.11. The zero-order valence-electron chi connectivity index (χ0n) is 19.5. The number of fused-ring (bicyclic) bond motifs is 3. The highest BCUT2D eigenvalue weighted by Crippen LogP contribution is 2.40. The maximum Gasteiger partial charge on any atom is 0.253 e. The Bertz CT molecular complexity index is 1170. The predicted molar refractivity (Wildman–Crippen MR) is 135 cm³/mol. The van der Waals surface area contributed by atoms with Gasteiger partial charge in [0.2, 0.25) is 0 Å². The number of ether oxygens (including phenoxy) is 1. The molecule has 2 saturated heterocycles. The maximum absolute atomic E-state index is 12.9. The molecule has 2 aliphatic heterocycles. The van der Waals surface area contributed by atoms with Gasteiger partial charge >= 0.3 is 0 Å². The summed E-state index contributed by atoms with van der Waals surface area (Å²) in [7, 11) is 0. The van der Waals surface area contributed by atoms with Gasteiger partial charge in [-0.2, -0.15) is 0 Å². The van der Waals surface area contributed by atoms with E-state index < -0.39 is 0 Å². The Kier molecular flexibility index (Phi) is 6.20. The van der Waals surface area contributed by atoms with Crippen LogP contribution in [0.5, 0.6) is 0 Å². The minimum atomic E-state index is 0.119. The lowest BCUT2D eigenvalue weighted by molar-refractivity contribution is 0.0331. The van der Waals surface area contributed by atoms with Gasteiger partial charge in [-0.1, -0.05) is 18.2 Å². The number of benzene rings is 1. The van der Waals surface area contributed by atoms with Crippen LogP contribution in [0.15, 0.2) is 30.3 Å². The Morgan fingerprint density at radius 3 is 2.50 bits per heavy atom. The topological polar surface area (TPSA) is 61.8 Å². The van der Waals surface area contributed by atoms with E-state index in [0.29, 0.717) is 13.1 Å². The summed E-state index contributed by atoms with van der Waals surface area (Å²) in [5, 5.41) is 1.27. The molecule has 34 heavy (non-hydrogen) atoms. The van der Waals surface area contributed by atoms with Crippen molar-refractivity contribution in [3.8, 4) is 0 Å². The van der Waals surface area contributed by atoms with Crippen molar-refractivity contribution in [3.05, 3.63) is 52.2 Å². The van der Waals surface area contributed by atoms with E-state index >= 15 is 0 Å². The highest BCUT2D eigenvalue weighted by atomic mass is 32.1. The number of hydrogen-bond acceptors (Lipinski definition) is 7. The van der Waals surface area contributed by atoms with Gasteiger partial charge in [-0.3, -0.25) is 9.69 Å². The van der Waals surface area contributed by atoms with E-state index in [9.17, 15) is 4.79 Å². The molecule has 8 heteroatoms. The minimum absolute atomic E-state index is 0.119. The molecular formula is C26H31N5O2S. The second kappa shape index (κ2) is 9.60. The van der Waals surface area contributed by atoms with Crippen molar-refractivity contribution in [3.63, 3.8) is 0 Å². The maximum atomic E-state index is 12.9. The van der Waals surface area contributed by atoms with Gasteiger partial charge in [0.15, 0.2) is 0 Å². The highest BCUT2D eigenvalue weighted by Gasteiger charge is 2.28. The molecule has 1 aliphatic carbocycles. The van der Waals surface area contributed by atoms with Crippen LogP contribution in [0.2, 0.25) is 0 Å². The van der Waals surface area contributed by atoms with Crippen LogP contribution in [-0.4, -0.2) is 78.2 Å². The van der Waals surface area contributed by atoms with Crippen LogP contribution in [0.1, 0.15) is 39.5 Å². The molecule has 0 unspecified atom stereocenters. The van der Waals surface area contributed by atoms with Crippen molar-refractivity contribution in [2.24, 2.45) is 0 Å². The molecule has 0 saturated carbocycles. The first-order valence-corrected chi connectivity index (χ1v) is 13.3. The van der Waals surface area contributed by atoms with E-state index in [1.165, 1.54) is 28.7 Å². The van der Waals surface area contributed by atoms with Gasteiger partial charge < -0.3 is 14.5 Å². The number of aryl methyl sites for hydroxylation is 2. The highest BCUT2D eigenvalue weighted by molar-refractivity contribution is 7.19. The van der Waals surface area contributed by atoms with Gasteiger partial charge in [-0.05, 0) is 43.4 Å². The normalized spacial score (nSPS) is 19.4. The number of morpholine rings is 1. The van der Waals surface area contributed by atoms with E-state index in [1.807, 2.05) is 46.6 Å². The van der Waals surface area contributed by atoms with Gasteiger partial charge in [0, 0.05) is 49.7 Å². The molecule has 4 heterocycles. The van der Waals surface area contributed by atoms with E-state index in [-0.39, 0.29) is 5.91 Å². The van der Waals surface area contributed by atoms with E-state index in [4.69, 9.17) is 14.7 Å². The van der Waals surface area contributed by atoms with Gasteiger partial charge in [0.1, 0.15) is 16.5 Å². The number of carbonyl (C=O) groups is 1. The Balaban J connectivity index is 1.28. The van der Waals surface area contributed by atoms with Gasteiger partial charge in [-0.25, -0.2) is 9.97 Å². The lowest BCUT2D eigenvalue weighted by Gasteiger charge is -2.36. The minimum Gasteiger partial charge on any atom is -0.379 e. The van der Waals surface area contributed by atoms with Crippen LogP contribution < -0.4 is 4.90 Å². The molecular weight excluding hydrogens is 446 g/mol. The summed E-state index contributed by atoms with van der Waals surface area (Å²) in [6.45, 7) is 7.20. The number of nitrogens with zero attached hydrogens (tertiary/aromatic N) is 5. The average Bonchev–Trinajstić information content (AvgIpc) is 3.27. The standard InChI is InChI=1S/C26H31N5O2S/c32-26(19-6-2-1-3-7-19)31-12-10-30(11-13-31)24-23-20-8-4-5-9-21(20)34-25(23)28-22(27-24)18-29-14-16-33-17-15-29/h1-3,6-7H,4-5,8-18H2. The first-order valence-electron chi connectivity index (χ1n) is 12.5. The van der Waals surface area contributed by atoms with Crippen LogP contribution >= 0.6 is 11.3 Å². The van der Waals surface area contributed by atoms with E-state index in [0.717, 1.165) is 80.8 Å². The van der Waals surface area contributed by atoms with Crippen LogP contribution in [0.3, 0.4) is 0 Å². The number of rotatable bonds is 4. The molecule has 178 valence electrons. The molecule has 0 atom stereocenters. The third kappa shape index (κ3) is 4.30. The number of hydrogen-bond donors (Lipinski definition) is 0. The Labute approximate surface area is 204 Å². The number of amides is 1. The van der Waals surface area contributed by atoms with Crippen molar-refractivity contribution in [1.82, 2.24) is 19.8 Å². The third-order valence-corrected chi connectivity index (χ3v) is 8.38. The monoisotopic (exact) mass is 477 g/mol. The second-order valence-electron chi connectivity index (χ2n) is 9.39. The SMILES string of the molecule is O=C(c1ccccc1)N1CCN(c2nc(CN3CCOCC3)nc3sc4c(c23)CCCC4)CC1. The van der Waals surface area contributed by atoms with Crippen molar-refractivity contribution < 1.29 is 9.53 Å². The molecule has 3 aliphatic rings. The van der Waals surface area contributed by atoms with Crippen molar-refractivity contribution in [1.29, 1.82) is 0 Å². The van der Waals surface area contributed by atoms with Crippen molar-refractivity contribution in [2.45, 2.75) is 32.2 Å². The molecule has 3 aromatic rings. The lowest BCUT2D eigenvalue weighted by atomic mass is 9.97. The number of anilines is 1. The molecule has 6 rings (SSSR count). The van der Waals surface area contributed by atoms with Gasteiger partial charge in [-0.15, -0.1) is 11.3 Å². The first-order chi connectivity index (χ1) is 16.8. The fraction of sp³-hybridized carbons (Fsp3) is 0.500. The van der Waals surface area contributed by atoms with Gasteiger partial charge in [0.05, 0.1) is 25.1 Å². The molecule has 0 spiro atoms. The van der Waals surface area contributed by atoms with Crippen molar-refractivity contribution >= 4 is 33.3 Å². The number of carbonyl (C=O) groups excluding carboxylic acids is 1. The third-order valence-electron chi connectivity index (χ3n) is 7.20. The summed E-state index contributed by atoms with van der Waals surface area (Å²) < 4.78 is 5.52. The summed E-state index contributed by atoms with van der Waals surface area (Å²) >= 11 is 1.87. The summed E-state index contributed by atoms with van der Waals surface area (Å²) in [6.07, 6.45) is 4.80. The summed E-state index contributed by atoms with van der Waals surface area (Å²) in [5.41, 5.74) is 2.24. The van der Waals surface area contributed by atoms with Crippen LogP contribution in [0.4, 0.5) is 5.82 Å². The molecule has 0 bridgehead atoms. The van der Waals surface area contributed by atoms with Gasteiger partial charge in [0.25, 0.3) is 5.91 Å². The smallest absolute Gasteiger partial charge is 0.253 e. The quantitative estimate of drug-likeness (QED) is 0.574. The molecule has 0 N–H and O–H groups in total.